The van der Waals surface area contributed by atoms with Gasteiger partial charge in [0.15, 0.2) is 0 Å². The molecule has 0 heterocycles. The molecule has 11 heavy (non-hydrogen) atoms. The Morgan fingerprint density at radius 3 is 2.55 bits per heavy atom. The van der Waals surface area contributed by atoms with Crippen LogP contribution < -0.4 is 0 Å². The van der Waals surface area contributed by atoms with E-state index in [4.69, 9.17) is 23.2 Å². The molecule has 0 bridgehead atoms. The highest BCUT2D eigenvalue weighted by molar-refractivity contribution is 7.95. The summed E-state index contributed by atoms with van der Waals surface area (Å²) in [5, 5.41) is 1.23. The lowest BCUT2D eigenvalue weighted by Crippen LogP contribution is -1.77. The predicted molar refractivity (Wildman–Crippen MR) is 56.3 cm³/mol. The zero-order chi connectivity index (χ0) is 8.27. The van der Waals surface area contributed by atoms with E-state index in [1.165, 1.54) is 5.56 Å². The summed E-state index contributed by atoms with van der Waals surface area (Å²) in [4.78, 5) is 0. The molecule has 0 N–H and O–H groups in total. The monoisotopic (exact) mass is 206 g/mol. The molecule has 0 aliphatic carbocycles. The molecule has 0 aliphatic rings. The molecule has 0 radical (unpaired) electrons. The van der Waals surface area contributed by atoms with Crippen LogP contribution >= 0.6 is 34.6 Å². The largest absolute Gasteiger partial charge is 0.203 e. The van der Waals surface area contributed by atoms with Gasteiger partial charge in [-0.25, -0.2) is 11.4 Å². The van der Waals surface area contributed by atoms with Crippen LogP contribution in [0.1, 0.15) is 5.56 Å². The number of rotatable bonds is 2. The molecule has 1 aromatic rings. The number of benzene rings is 1. The van der Waals surface area contributed by atoms with Crippen molar-refractivity contribution in [2.45, 2.75) is 5.75 Å². The van der Waals surface area contributed by atoms with E-state index in [1.54, 1.807) is 0 Å². The van der Waals surface area contributed by atoms with Crippen molar-refractivity contribution in [1.29, 1.82) is 0 Å². The molecule has 0 aromatic heterocycles. The molecule has 0 spiro atoms. The summed E-state index contributed by atoms with van der Waals surface area (Å²) in [6.07, 6.45) is 0. The van der Waals surface area contributed by atoms with E-state index in [0.717, 1.165) is 17.1 Å². The number of hydrogen-bond donors (Lipinski definition) is 1. The summed E-state index contributed by atoms with van der Waals surface area (Å²) in [6, 6.07) is 5.65. The van der Waals surface area contributed by atoms with E-state index in [1.807, 2.05) is 18.2 Å². The van der Waals surface area contributed by atoms with Crippen LogP contribution in [0.3, 0.4) is 0 Å². The van der Waals surface area contributed by atoms with Crippen molar-refractivity contribution < 1.29 is 0 Å². The molecule has 3 heteroatoms. The van der Waals surface area contributed by atoms with Gasteiger partial charge in [-0.1, -0.05) is 35.1 Å². The molecule has 0 nitrogen and oxygen atoms in total. The fourth-order valence-corrected chi connectivity index (χ4v) is 1.54. The van der Waals surface area contributed by atoms with Gasteiger partial charge in [0.05, 0.1) is 10.0 Å². The van der Waals surface area contributed by atoms with Gasteiger partial charge in [-0.15, -0.1) is 0 Å². The summed E-state index contributed by atoms with van der Waals surface area (Å²) in [5.74, 6) is 4.66. The highest BCUT2D eigenvalue weighted by atomic mass is 35.5. The smallest absolute Gasteiger partial charge is 0.0595 e. The van der Waals surface area contributed by atoms with Crippen molar-refractivity contribution in [2.75, 3.05) is 0 Å². The van der Waals surface area contributed by atoms with E-state index in [2.05, 4.69) is 5.87 Å². The van der Waals surface area contributed by atoms with Gasteiger partial charge >= 0.3 is 0 Å². The third kappa shape index (κ3) is 2.51. The first kappa shape index (κ1) is 9.11. The lowest BCUT2D eigenvalue weighted by atomic mass is 10.2. The molecule has 0 saturated heterocycles. The van der Waals surface area contributed by atoms with Crippen LogP contribution in [0.5, 0.6) is 0 Å². The van der Waals surface area contributed by atoms with Gasteiger partial charge in [-0.3, -0.25) is 0 Å². The highest BCUT2D eigenvalue weighted by Gasteiger charge is 1.96. The van der Waals surface area contributed by atoms with Gasteiger partial charge in [0.2, 0.25) is 0 Å². The molecule has 60 valence electrons. The minimum absolute atomic E-state index is 0.608. The Morgan fingerprint density at radius 1 is 1.27 bits per heavy atom. The maximum atomic E-state index is 5.79. The maximum absolute atomic E-state index is 5.79. The fraction of sp³-hybridized carbons (Fsp3) is 0.125. The zero-order valence-electron chi connectivity index (χ0n) is 5.85. The number of thiol groups is 1. The van der Waals surface area contributed by atoms with Gasteiger partial charge in [0.25, 0.3) is 0 Å². The molecular weight excluding hydrogens is 199 g/mol. The first-order valence-corrected chi connectivity index (χ1v) is 5.12. The van der Waals surface area contributed by atoms with Gasteiger partial charge in [-0.2, -0.15) is 0 Å². The third-order valence-corrected chi connectivity index (χ3v) is 2.61. The molecular formula is C8H8Cl2S. The Hall–Kier alpha value is 0.0200. The minimum atomic E-state index is 0.608. The van der Waals surface area contributed by atoms with E-state index in [0.29, 0.717) is 10.0 Å². The Kier molecular flexibility index (Phi) is 3.44. The molecule has 0 fully saturated rings. The Labute approximate surface area is 80.1 Å². The Morgan fingerprint density at radius 2 is 2.00 bits per heavy atom. The predicted octanol–water partition coefficient (Wildman–Crippen LogP) is 3.39. The topological polar surface area (TPSA) is 0 Å². The standard InChI is InChI=1S/C8H8Cl2S/c1-11-5-6-2-3-7(9)8(10)4-6/h2-4,11H,1,5H2. The van der Waals surface area contributed by atoms with E-state index < -0.39 is 0 Å². The summed E-state index contributed by atoms with van der Waals surface area (Å²) in [6.45, 7) is 0. The molecule has 0 aliphatic heterocycles. The molecule has 1 aromatic carbocycles. The molecule has 1 rings (SSSR count). The van der Waals surface area contributed by atoms with Gasteiger partial charge in [-0.05, 0) is 17.7 Å². The first-order chi connectivity index (χ1) is 5.24. The molecule has 0 saturated carbocycles. The van der Waals surface area contributed by atoms with Crippen molar-refractivity contribution in [3.8, 4) is 0 Å². The Balaban J connectivity index is 2.95. The van der Waals surface area contributed by atoms with Gasteiger partial charge in [0, 0.05) is 5.75 Å². The van der Waals surface area contributed by atoms with Crippen molar-refractivity contribution >= 4 is 40.4 Å². The van der Waals surface area contributed by atoms with Crippen molar-refractivity contribution in [2.24, 2.45) is 0 Å². The van der Waals surface area contributed by atoms with Crippen molar-refractivity contribution in [1.82, 2.24) is 0 Å². The minimum Gasteiger partial charge on any atom is -0.203 e. The van der Waals surface area contributed by atoms with Crippen LogP contribution in [-0.4, -0.2) is 5.87 Å². The van der Waals surface area contributed by atoms with Crippen LogP contribution in [-0.2, 0) is 5.75 Å². The maximum Gasteiger partial charge on any atom is 0.0595 e. The lowest BCUT2D eigenvalue weighted by molar-refractivity contribution is 1.43. The average molecular weight is 207 g/mol. The summed E-state index contributed by atoms with van der Waals surface area (Å²) in [5.41, 5.74) is 1.18. The summed E-state index contributed by atoms with van der Waals surface area (Å²) < 4.78 is 0. The molecule has 0 atom stereocenters. The van der Waals surface area contributed by atoms with Crippen LogP contribution in [0.25, 0.3) is 0 Å². The number of hydrogen-bond acceptors (Lipinski definition) is 0. The van der Waals surface area contributed by atoms with Crippen LogP contribution in [0.2, 0.25) is 10.0 Å². The SMILES string of the molecule is C=[SH]Cc1ccc(Cl)c(Cl)c1. The van der Waals surface area contributed by atoms with Crippen LogP contribution in [0.15, 0.2) is 18.2 Å². The normalized spacial score (nSPS) is 10.0. The molecule has 0 unspecified atom stereocenters. The van der Waals surface area contributed by atoms with Crippen molar-refractivity contribution in [3.05, 3.63) is 33.8 Å². The van der Waals surface area contributed by atoms with E-state index >= 15 is 0 Å². The van der Waals surface area contributed by atoms with Gasteiger partial charge < -0.3 is 0 Å². The summed E-state index contributed by atoms with van der Waals surface area (Å²) >= 11 is 12.6. The average Bonchev–Trinajstić information content (AvgIpc) is 1.98. The first-order valence-electron chi connectivity index (χ1n) is 3.10. The van der Waals surface area contributed by atoms with E-state index in [9.17, 15) is 0 Å². The third-order valence-electron chi connectivity index (χ3n) is 1.28. The lowest BCUT2D eigenvalue weighted by Gasteiger charge is -1.98. The highest BCUT2D eigenvalue weighted by Crippen LogP contribution is 2.23. The van der Waals surface area contributed by atoms with Crippen molar-refractivity contribution in [3.63, 3.8) is 0 Å². The second-order valence-electron chi connectivity index (χ2n) is 2.13. The summed E-state index contributed by atoms with van der Waals surface area (Å²) in [7, 11) is 0. The fourth-order valence-electron chi connectivity index (χ4n) is 0.767. The second-order valence-corrected chi connectivity index (χ2v) is 3.71. The second kappa shape index (κ2) is 4.15. The quantitative estimate of drug-likeness (QED) is 0.557. The number of halogens is 2. The van der Waals surface area contributed by atoms with Crippen LogP contribution in [0.4, 0.5) is 0 Å². The van der Waals surface area contributed by atoms with Gasteiger partial charge in [0.1, 0.15) is 0 Å². The zero-order valence-corrected chi connectivity index (χ0v) is 8.26. The molecule has 0 amide bonds. The van der Waals surface area contributed by atoms with Crippen LogP contribution in [0, 0.1) is 0 Å². The van der Waals surface area contributed by atoms with E-state index in [-0.39, 0.29) is 0 Å². The Bertz CT molecular complexity index is 271.